The fourth-order valence-electron chi connectivity index (χ4n) is 1.41. The summed E-state index contributed by atoms with van der Waals surface area (Å²) in [4.78, 5) is 3.29. The average molecular weight is 259 g/mol. The first-order valence-corrected chi connectivity index (χ1v) is 5.34. The van der Waals surface area contributed by atoms with Crippen molar-refractivity contribution in [3.8, 4) is 0 Å². The zero-order valence-electron chi connectivity index (χ0n) is 7.20. The molecule has 1 aromatic carbocycles. The molecule has 0 aliphatic heterocycles. The molecule has 0 radical (unpaired) electrons. The topological polar surface area (TPSA) is 15.8 Å². The number of fused-ring (bicyclic) bond motifs is 1. The normalized spacial score (nSPS) is 11.0. The number of aromatic nitrogens is 1. The van der Waals surface area contributed by atoms with Crippen molar-refractivity contribution in [3.05, 3.63) is 33.4 Å². The van der Waals surface area contributed by atoms with E-state index in [2.05, 4.69) is 40.0 Å². The summed E-state index contributed by atoms with van der Waals surface area (Å²) in [5.41, 5.74) is 2.25. The van der Waals surface area contributed by atoms with Crippen molar-refractivity contribution in [2.24, 2.45) is 0 Å². The van der Waals surface area contributed by atoms with Crippen LogP contribution in [-0.4, -0.2) is 4.98 Å². The van der Waals surface area contributed by atoms with Crippen LogP contribution in [-0.2, 0) is 6.42 Å². The van der Waals surface area contributed by atoms with E-state index in [-0.39, 0.29) is 0 Å². The number of hydrogen-bond acceptors (Lipinski definition) is 0. The van der Waals surface area contributed by atoms with Gasteiger partial charge in [-0.05, 0) is 24.6 Å². The molecule has 0 saturated heterocycles. The molecule has 1 N–H and O–H groups in total. The molecule has 0 bridgehead atoms. The van der Waals surface area contributed by atoms with Gasteiger partial charge >= 0.3 is 0 Å². The lowest BCUT2D eigenvalue weighted by Crippen LogP contribution is -1.76. The second-order valence-corrected chi connectivity index (χ2v) is 4.32. The zero-order chi connectivity index (χ0) is 9.42. The Morgan fingerprint density at radius 1 is 1.38 bits per heavy atom. The Labute approximate surface area is 90.2 Å². The average Bonchev–Trinajstić information content (AvgIpc) is 2.47. The standard InChI is InChI=1S/C10H9BrClN/c1-2-8-4-6-3-7(11)5-9(12)10(6)13-8/h3-5,13H,2H2,1H3. The summed E-state index contributed by atoms with van der Waals surface area (Å²) < 4.78 is 1.02. The van der Waals surface area contributed by atoms with Gasteiger partial charge in [-0.3, -0.25) is 0 Å². The minimum absolute atomic E-state index is 0.768. The van der Waals surface area contributed by atoms with Gasteiger partial charge in [-0.1, -0.05) is 34.5 Å². The third-order valence-corrected chi connectivity index (χ3v) is 2.84. The molecule has 0 amide bonds. The van der Waals surface area contributed by atoms with Gasteiger partial charge in [-0.15, -0.1) is 0 Å². The second-order valence-electron chi connectivity index (χ2n) is 3.00. The first-order valence-electron chi connectivity index (χ1n) is 4.17. The van der Waals surface area contributed by atoms with Crippen LogP contribution in [0.15, 0.2) is 22.7 Å². The van der Waals surface area contributed by atoms with Crippen molar-refractivity contribution in [2.45, 2.75) is 13.3 Å². The number of aryl methyl sites for hydroxylation is 1. The molecular formula is C10H9BrClN. The maximum atomic E-state index is 6.07. The maximum Gasteiger partial charge on any atom is 0.0658 e. The largest absolute Gasteiger partial charge is 0.357 e. The molecule has 1 nitrogen and oxygen atoms in total. The highest BCUT2D eigenvalue weighted by molar-refractivity contribution is 9.10. The number of hydrogen-bond donors (Lipinski definition) is 1. The summed E-state index contributed by atoms with van der Waals surface area (Å²) in [5, 5.41) is 1.93. The number of H-pyrrole nitrogens is 1. The van der Waals surface area contributed by atoms with Gasteiger partial charge in [0, 0.05) is 15.6 Å². The van der Waals surface area contributed by atoms with E-state index >= 15 is 0 Å². The van der Waals surface area contributed by atoms with Crippen LogP contribution in [0.1, 0.15) is 12.6 Å². The monoisotopic (exact) mass is 257 g/mol. The van der Waals surface area contributed by atoms with E-state index in [1.165, 1.54) is 5.69 Å². The Bertz CT molecular complexity index is 447. The summed E-state index contributed by atoms with van der Waals surface area (Å²) >= 11 is 9.49. The fraction of sp³-hybridized carbons (Fsp3) is 0.200. The molecule has 3 heteroatoms. The van der Waals surface area contributed by atoms with Crippen LogP contribution < -0.4 is 0 Å². The van der Waals surface area contributed by atoms with Crippen LogP contribution in [0.25, 0.3) is 10.9 Å². The molecular weight excluding hydrogens is 249 g/mol. The quantitative estimate of drug-likeness (QED) is 0.791. The van der Waals surface area contributed by atoms with Gasteiger partial charge in [0.2, 0.25) is 0 Å². The van der Waals surface area contributed by atoms with Crippen molar-refractivity contribution in [1.29, 1.82) is 0 Å². The van der Waals surface area contributed by atoms with Crippen molar-refractivity contribution in [1.82, 2.24) is 4.98 Å². The van der Waals surface area contributed by atoms with E-state index < -0.39 is 0 Å². The third-order valence-electron chi connectivity index (χ3n) is 2.08. The molecule has 0 atom stereocenters. The van der Waals surface area contributed by atoms with E-state index in [9.17, 15) is 0 Å². The second kappa shape index (κ2) is 3.35. The lowest BCUT2D eigenvalue weighted by molar-refractivity contribution is 1.07. The molecule has 2 rings (SSSR count). The number of nitrogens with one attached hydrogen (secondary N) is 1. The van der Waals surface area contributed by atoms with Crippen LogP contribution >= 0.6 is 27.5 Å². The van der Waals surface area contributed by atoms with Crippen LogP contribution in [0, 0.1) is 0 Å². The van der Waals surface area contributed by atoms with Crippen molar-refractivity contribution in [3.63, 3.8) is 0 Å². The van der Waals surface area contributed by atoms with E-state index in [1.807, 2.05) is 6.07 Å². The Hall–Kier alpha value is -0.470. The van der Waals surface area contributed by atoms with Gasteiger partial charge in [0.15, 0.2) is 0 Å². The molecule has 1 heterocycles. The summed E-state index contributed by atoms with van der Waals surface area (Å²) in [6, 6.07) is 6.10. The third kappa shape index (κ3) is 1.61. The van der Waals surface area contributed by atoms with Crippen LogP contribution in [0.4, 0.5) is 0 Å². The molecule has 0 spiro atoms. The predicted molar refractivity (Wildman–Crippen MR) is 60.4 cm³/mol. The van der Waals surface area contributed by atoms with E-state index in [4.69, 9.17) is 11.6 Å². The zero-order valence-corrected chi connectivity index (χ0v) is 9.54. The minimum Gasteiger partial charge on any atom is -0.357 e. The Morgan fingerprint density at radius 2 is 2.15 bits per heavy atom. The smallest absolute Gasteiger partial charge is 0.0658 e. The number of benzene rings is 1. The Balaban J connectivity index is 2.75. The lowest BCUT2D eigenvalue weighted by Gasteiger charge is -1.94. The highest BCUT2D eigenvalue weighted by atomic mass is 79.9. The molecule has 0 unspecified atom stereocenters. The van der Waals surface area contributed by atoms with Crippen molar-refractivity contribution in [2.75, 3.05) is 0 Å². The summed E-state index contributed by atoms with van der Waals surface area (Å²) in [7, 11) is 0. The van der Waals surface area contributed by atoms with Gasteiger partial charge in [0.1, 0.15) is 0 Å². The maximum absolute atomic E-state index is 6.07. The Kier molecular flexibility index (Phi) is 2.35. The van der Waals surface area contributed by atoms with E-state index in [0.29, 0.717) is 0 Å². The molecule has 0 aliphatic carbocycles. The van der Waals surface area contributed by atoms with E-state index in [1.54, 1.807) is 0 Å². The predicted octanol–water partition coefficient (Wildman–Crippen LogP) is 4.15. The molecule has 0 saturated carbocycles. The SMILES string of the molecule is CCc1cc2cc(Br)cc(Cl)c2[nH]1. The van der Waals surface area contributed by atoms with Gasteiger partial charge in [0.05, 0.1) is 10.5 Å². The molecule has 2 aromatic rings. The lowest BCUT2D eigenvalue weighted by atomic mass is 10.2. The molecule has 68 valence electrons. The summed E-state index contributed by atoms with van der Waals surface area (Å²) in [6.45, 7) is 2.12. The van der Waals surface area contributed by atoms with Crippen LogP contribution in [0.3, 0.4) is 0 Å². The number of halogens is 2. The highest BCUT2D eigenvalue weighted by Crippen LogP contribution is 2.28. The summed E-state index contributed by atoms with van der Waals surface area (Å²) in [6.07, 6.45) is 1.00. The van der Waals surface area contributed by atoms with Gasteiger partial charge in [0.25, 0.3) is 0 Å². The molecule has 0 fully saturated rings. The highest BCUT2D eigenvalue weighted by Gasteiger charge is 2.04. The van der Waals surface area contributed by atoms with Crippen LogP contribution in [0.5, 0.6) is 0 Å². The Morgan fingerprint density at radius 3 is 2.85 bits per heavy atom. The first kappa shape index (κ1) is 9.10. The van der Waals surface area contributed by atoms with Crippen LogP contribution in [0.2, 0.25) is 5.02 Å². The van der Waals surface area contributed by atoms with Gasteiger partial charge in [-0.25, -0.2) is 0 Å². The molecule has 13 heavy (non-hydrogen) atoms. The molecule has 0 aliphatic rings. The molecule has 1 aromatic heterocycles. The fourth-order valence-corrected chi connectivity index (χ4v) is 2.30. The number of aromatic amines is 1. The minimum atomic E-state index is 0.768. The van der Waals surface area contributed by atoms with Gasteiger partial charge < -0.3 is 4.98 Å². The van der Waals surface area contributed by atoms with Crippen molar-refractivity contribution >= 4 is 38.4 Å². The van der Waals surface area contributed by atoms with Gasteiger partial charge in [-0.2, -0.15) is 0 Å². The first-order chi connectivity index (χ1) is 6.20. The number of rotatable bonds is 1. The van der Waals surface area contributed by atoms with Crippen molar-refractivity contribution < 1.29 is 0 Å². The summed E-state index contributed by atoms with van der Waals surface area (Å²) in [5.74, 6) is 0. The van der Waals surface area contributed by atoms with E-state index in [0.717, 1.165) is 26.8 Å².